The van der Waals surface area contributed by atoms with Crippen molar-refractivity contribution < 1.29 is 24.2 Å². The molecule has 0 spiro atoms. The largest absolute Gasteiger partial charge is 2.00 e. The van der Waals surface area contributed by atoms with Gasteiger partial charge in [0.1, 0.15) is 12.5 Å². The Labute approximate surface area is 337 Å². The van der Waals surface area contributed by atoms with Crippen molar-refractivity contribution in [3.63, 3.8) is 0 Å². The summed E-state index contributed by atoms with van der Waals surface area (Å²) >= 11 is 0. The molecule has 2 aromatic heterocycles. The Hall–Kier alpha value is -3.47. The number of hydrogen-bond donors (Lipinski definition) is 1. The number of rotatable bonds is 12. The number of methoxy groups -OCH3 is 1. The van der Waals surface area contributed by atoms with E-state index in [4.69, 9.17) is 30.1 Å². The van der Waals surface area contributed by atoms with Crippen LogP contribution in [0.3, 0.4) is 0 Å². The number of allylic oxidation sites excluding steroid dienone is 4. The van der Waals surface area contributed by atoms with Crippen molar-refractivity contribution in [2.75, 3.05) is 13.7 Å². The Morgan fingerprint density at radius 1 is 0.963 bits per heavy atom. The van der Waals surface area contributed by atoms with Gasteiger partial charge in [0.25, 0.3) is 0 Å². The number of aliphatic hydroxyl groups is 1. The molecule has 3 aliphatic heterocycles. The number of esters is 2. The van der Waals surface area contributed by atoms with Crippen molar-refractivity contribution in [2.24, 2.45) is 23.7 Å². The SMILES string of the molecule is CCCCC/C(C)=C/COC(=O)CC[C@@H]1C2[N-]/C(=C\C3=C(C)[C@H](CC)/C(=C/c4[n-]c(c(CC)c4C)/C=c4\[n-]c5c(c4C)[C@H](O)[C@H](C(=O)OC)C=52)[N-]3)[C@H]1C.[Mg+2]. The Balaban J connectivity index is 0.00000561. The molecule has 2 aromatic rings. The summed E-state index contributed by atoms with van der Waals surface area (Å²) in [5, 5.41) is 23.7. The summed E-state index contributed by atoms with van der Waals surface area (Å²) in [5.41, 5.74) is 11.3. The van der Waals surface area contributed by atoms with Crippen molar-refractivity contribution >= 4 is 52.7 Å². The van der Waals surface area contributed by atoms with Crippen LogP contribution in [0.15, 0.2) is 40.4 Å². The van der Waals surface area contributed by atoms with Crippen LogP contribution in [0.4, 0.5) is 0 Å². The Morgan fingerprint density at radius 2 is 1.72 bits per heavy atom. The van der Waals surface area contributed by atoms with Crippen molar-refractivity contribution in [2.45, 2.75) is 119 Å². The zero-order chi connectivity index (χ0) is 38.1. The van der Waals surface area contributed by atoms with Crippen LogP contribution in [0.1, 0.15) is 126 Å². The molecule has 1 aliphatic carbocycles. The minimum Gasteiger partial charge on any atom is -0.681 e. The van der Waals surface area contributed by atoms with Crippen LogP contribution in [-0.2, 0) is 25.5 Å². The maximum Gasteiger partial charge on any atom is 2.00 e. The van der Waals surface area contributed by atoms with Gasteiger partial charge < -0.3 is 35.2 Å². The molecular formula is C44H56MgN4O5-2. The van der Waals surface area contributed by atoms with Crippen LogP contribution >= 0.6 is 0 Å². The predicted molar refractivity (Wildman–Crippen MR) is 215 cm³/mol. The zero-order valence-electron chi connectivity index (χ0n) is 33.7. The van der Waals surface area contributed by atoms with Gasteiger partial charge in [-0.25, -0.2) is 0 Å². The van der Waals surface area contributed by atoms with E-state index in [0.29, 0.717) is 28.3 Å². The third-order valence-electron chi connectivity index (χ3n) is 12.1. The molecule has 286 valence electrons. The average Bonchev–Trinajstić information content (AvgIpc) is 3.87. The molecule has 5 heterocycles. The zero-order valence-corrected chi connectivity index (χ0v) is 35.1. The third kappa shape index (κ3) is 7.80. The molecule has 1 N–H and O–H groups in total. The maximum absolute atomic E-state index is 13.5. The molecule has 4 aliphatic rings. The fourth-order valence-corrected chi connectivity index (χ4v) is 8.87. The maximum atomic E-state index is 13.5. The fourth-order valence-electron chi connectivity index (χ4n) is 8.87. The number of ether oxygens (including phenoxy) is 2. The molecule has 0 amide bonds. The second kappa shape index (κ2) is 17.5. The van der Waals surface area contributed by atoms with Gasteiger partial charge in [0, 0.05) is 6.42 Å². The van der Waals surface area contributed by atoms with Crippen molar-refractivity contribution in [3.05, 3.63) is 95.4 Å². The Bertz CT molecular complexity index is 2010. The first kappa shape index (κ1) is 41.7. The van der Waals surface area contributed by atoms with Gasteiger partial charge in [-0.1, -0.05) is 98.2 Å². The summed E-state index contributed by atoms with van der Waals surface area (Å²) in [6.07, 6.45) is 14.0. The standard InChI is InChI=1S/C44H56N4O5.Mg/c1-10-13-14-15-23(4)18-19-53-37(49)17-16-30-26(7)33-20-31-24(5)28(11-2)35(45-31)21-32-25(6)29(12-3)36(46-32)22-34-27(8)38-42(48-34)39(41(30)47-33)40(43(38)50)44(51)52-9;/h18,20-22,26,28,30,40-41,43,50H,10-17,19H2,1-9H3;/q-4;+2/b23-18+,33-20-,34-22-,35-21-;/t26-,28-,30-,40+,41?,43-;/m0./s1. The fraction of sp³-hybridized carbons (Fsp3) is 0.545. The summed E-state index contributed by atoms with van der Waals surface area (Å²) in [7, 11) is 1.35. The number of fused-ring (bicyclic) bond motifs is 8. The van der Waals surface area contributed by atoms with E-state index in [0.717, 1.165) is 70.9 Å². The molecule has 10 heteroatoms. The van der Waals surface area contributed by atoms with Gasteiger partial charge in [0.2, 0.25) is 0 Å². The van der Waals surface area contributed by atoms with E-state index in [2.05, 4.69) is 60.6 Å². The predicted octanol–water partition coefficient (Wildman–Crippen LogP) is 7.00. The van der Waals surface area contributed by atoms with E-state index in [1.165, 1.54) is 31.1 Å². The van der Waals surface area contributed by atoms with E-state index in [9.17, 15) is 14.7 Å². The van der Waals surface area contributed by atoms with Crippen LogP contribution in [0, 0.1) is 37.5 Å². The Morgan fingerprint density at radius 3 is 2.41 bits per heavy atom. The molecule has 1 saturated heterocycles. The van der Waals surface area contributed by atoms with E-state index >= 15 is 0 Å². The molecule has 0 aromatic carbocycles. The van der Waals surface area contributed by atoms with Crippen LogP contribution in [0.5, 0.6) is 0 Å². The van der Waals surface area contributed by atoms with Crippen LogP contribution < -0.4 is 20.7 Å². The number of nitrogens with zero attached hydrogens (tertiary/aromatic N) is 4. The molecule has 0 saturated carbocycles. The van der Waals surface area contributed by atoms with Gasteiger partial charge in [-0.05, 0) is 89.2 Å². The first-order valence-electron chi connectivity index (χ1n) is 19.6. The quantitative estimate of drug-likeness (QED) is 0.107. The van der Waals surface area contributed by atoms with Crippen LogP contribution in [-0.4, -0.2) is 59.9 Å². The number of hydrogen-bond acceptors (Lipinski definition) is 5. The molecule has 0 radical (unpaired) electrons. The first-order valence-corrected chi connectivity index (χ1v) is 19.6. The molecule has 6 rings (SSSR count). The second-order valence-electron chi connectivity index (χ2n) is 15.3. The van der Waals surface area contributed by atoms with Gasteiger partial charge in [0.15, 0.2) is 0 Å². The summed E-state index contributed by atoms with van der Waals surface area (Å²) in [5.74, 6) is -1.84. The minimum absolute atomic E-state index is 0. The number of carbonyl (C=O) groups excluding carboxylic acids is 2. The molecule has 8 bridgehead atoms. The normalized spacial score (nSPS) is 26.9. The van der Waals surface area contributed by atoms with Crippen LogP contribution in [0.25, 0.3) is 28.4 Å². The van der Waals surface area contributed by atoms with Crippen molar-refractivity contribution in [3.8, 4) is 0 Å². The van der Waals surface area contributed by atoms with E-state index in [1.807, 2.05) is 19.1 Å². The van der Waals surface area contributed by atoms with Gasteiger partial charge in [-0.2, -0.15) is 11.4 Å². The number of unbranched alkanes of at least 4 members (excludes halogenated alkanes) is 2. The monoisotopic (exact) mass is 744 g/mol. The van der Waals surface area contributed by atoms with Gasteiger partial charge in [0.05, 0.1) is 13.2 Å². The second-order valence-corrected chi connectivity index (χ2v) is 15.3. The molecular weight excluding hydrogens is 689 g/mol. The molecule has 1 unspecified atom stereocenters. The summed E-state index contributed by atoms with van der Waals surface area (Å²) < 4.78 is 11.0. The first-order chi connectivity index (χ1) is 25.4. The van der Waals surface area contributed by atoms with E-state index in [-0.39, 0.29) is 59.8 Å². The van der Waals surface area contributed by atoms with Crippen molar-refractivity contribution in [1.29, 1.82) is 0 Å². The number of carbonyl (C=O) groups is 2. The molecule has 1 fully saturated rings. The third-order valence-corrected chi connectivity index (χ3v) is 12.1. The van der Waals surface area contributed by atoms with Gasteiger partial charge in [-0.3, -0.25) is 9.59 Å². The molecule has 54 heavy (non-hydrogen) atoms. The van der Waals surface area contributed by atoms with Crippen LogP contribution in [0.2, 0.25) is 0 Å². The van der Waals surface area contributed by atoms with Gasteiger partial charge in [-0.15, -0.1) is 27.8 Å². The van der Waals surface area contributed by atoms with Crippen molar-refractivity contribution in [1.82, 2.24) is 9.97 Å². The number of aliphatic hydroxyl groups excluding tert-OH is 1. The number of aromatic nitrogens is 2. The molecule has 6 atom stereocenters. The van der Waals surface area contributed by atoms with E-state index in [1.54, 1.807) is 0 Å². The smallest absolute Gasteiger partial charge is 0.681 e. The van der Waals surface area contributed by atoms with E-state index < -0.39 is 24.0 Å². The minimum atomic E-state index is -1.14. The summed E-state index contributed by atoms with van der Waals surface area (Å²) in [6.45, 7) is 17.2. The average molecular weight is 745 g/mol. The summed E-state index contributed by atoms with van der Waals surface area (Å²) in [4.78, 5) is 37.0. The Kier molecular flexibility index (Phi) is 13.5. The summed E-state index contributed by atoms with van der Waals surface area (Å²) in [6, 6.07) is -0.517. The van der Waals surface area contributed by atoms with Gasteiger partial charge >= 0.3 is 35.0 Å². The topological polar surface area (TPSA) is 129 Å². The molecule has 9 nitrogen and oxygen atoms in total.